The third-order valence-corrected chi connectivity index (χ3v) is 2.98. The molecule has 0 aliphatic heterocycles. The fourth-order valence-electron chi connectivity index (χ4n) is 1.38. The van der Waals surface area contributed by atoms with Gasteiger partial charge in [0.25, 0.3) is 0 Å². The minimum Gasteiger partial charge on any atom is -0.235 e. The van der Waals surface area contributed by atoms with Gasteiger partial charge in [-0.15, -0.1) is 5.10 Å². The van der Waals surface area contributed by atoms with E-state index in [9.17, 15) is 13.2 Å². The summed E-state index contributed by atoms with van der Waals surface area (Å²) in [7, 11) is 0. The summed E-state index contributed by atoms with van der Waals surface area (Å²) >= 11 is 3.26. The van der Waals surface area contributed by atoms with Crippen molar-refractivity contribution in [2.75, 3.05) is 0 Å². The zero-order valence-corrected chi connectivity index (χ0v) is 9.80. The molecule has 1 heterocycles. The molecule has 0 saturated heterocycles. The second-order valence-corrected chi connectivity index (χ2v) is 4.31. The fourth-order valence-corrected chi connectivity index (χ4v) is 1.71. The molecule has 0 bridgehead atoms. The standard InChI is InChI=1S/C9H7BrF3N3/c1-5-2-7-8(3-6(5)10)16(15-14-7)4-9(11,12)13/h2-3H,4H2,1H3. The molecule has 2 rings (SSSR count). The average Bonchev–Trinajstić information content (AvgIpc) is 2.47. The van der Waals surface area contributed by atoms with E-state index >= 15 is 0 Å². The molecule has 16 heavy (non-hydrogen) atoms. The number of fused-ring (bicyclic) bond motifs is 1. The highest BCUT2D eigenvalue weighted by Gasteiger charge is 2.29. The van der Waals surface area contributed by atoms with E-state index in [-0.39, 0.29) is 0 Å². The zero-order chi connectivity index (χ0) is 11.9. The molecule has 0 atom stereocenters. The Hall–Kier alpha value is -1.11. The molecule has 86 valence electrons. The van der Waals surface area contributed by atoms with E-state index < -0.39 is 12.7 Å². The number of halogens is 4. The molecule has 0 N–H and O–H groups in total. The summed E-state index contributed by atoms with van der Waals surface area (Å²) < 4.78 is 38.3. The van der Waals surface area contributed by atoms with Crippen LogP contribution in [0.3, 0.4) is 0 Å². The Morgan fingerprint density at radius 1 is 1.38 bits per heavy atom. The molecular formula is C9H7BrF3N3. The number of aryl methyl sites for hydroxylation is 1. The predicted molar refractivity (Wildman–Crippen MR) is 56.0 cm³/mol. The molecule has 0 aliphatic carbocycles. The fraction of sp³-hybridized carbons (Fsp3) is 0.333. The van der Waals surface area contributed by atoms with E-state index in [0.717, 1.165) is 14.7 Å². The van der Waals surface area contributed by atoms with Gasteiger partial charge in [0, 0.05) is 4.47 Å². The van der Waals surface area contributed by atoms with Crippen LogP contribution in [-0.2, 0) is 6.54 Å². The first-order chi connectivity index (χ1) is 7.37. The molecule has 3 nitrogen and oxygen atoms in total. The second-order valence-electron chi connectivity index (χ2n) is 3.45. The van der Waals surface area contributed by atoms with Crippen molar-refractivity contribution >= 4 is 27.0 Å². The van der Waals surface area contributed by atoms with Gasteiger partial charge in [-0.3, -0.25) is 0 Å². The van der Waals surface area contributed by atoms with Crippen LogP contribution in [-0.4, -0.2) is 21.2 Å². The van der Waals surface area contributed by atoms with Crippen LogP contribution < -0.4 is 0 Å². The number of aromatic nitrogens is 3. The van der Waals surface area contributed by atoms with Crippen molar-refractivity contribution in [1.82, 2.24) is 15.0 Å². The molecule has 1 aromatic carbocycles. The molecule has 2 aromatic rings. The van der Waals surface area contributed by atoms with Crippen molar-refractivity contribution in [3.05, 3.63) is 22.2 Å². The van der Waals surface area contributed by atoms with Gasteiger partial charge in [0.05, 0.1) is 5.52 Å². The summed E-state index contributed by atoms with van der Waals surface area (Å²) in [5.41, 5.74) is 1.74. The van der Waals surface area contributed by atoms with E-state index in [2.05, 4.69) is 26.2 Å². The van der Waals surface area contributed by atoms with Crippen molar-refractivity contribution in [2.24, 2.45) is 0 Å². The summed E-state index contributed by atoms with van der Waals surface area (Å²) in [5, 5.41) is 7.19. The van der Waals surface area contributed by atoms with Crippen LogP contribution >= 0.6 is 15.9 Å². The first-order valence-corrected chi connectivity index (χ1v) is 5.22. The minimum atomic E-state index is -4.29. The first kappa shape index (κ1) is 11.4. The van der Waals surface area contributed by atoms with Gasteiger partial charge in [-0.25, -0.2) is 4.68 Å². The van der Waals surface area contributed by atoms with Crippen molar-refractivity contribution in [3.8, 4) is 0 Å². The highest BCUT2D eigenvalue weighted by Crippen LogP contribution is 2.24. The zero-order valence-electron chi connectivity index (χ0n) is 8.22. The predicted octanol–water partition coefficient (Wildman–Crippen LogP) is 3.06. The Bertz CT molecular complexity index is 533. The second kappa shape index (κ2) is 3.73. The number of alkyl halides is 3. The van der Waals surface area contributed by atoms with Crippen LogP contribution in [0.4, 0.5) is 13.2 Å². The van der Waals surface area contributed by atoms with Crippen LogP contribution in [0.1, 0.15) is 5.56 Å². The van der Waals surface area contributed by atoms with Gasteiger partial charge >= 0.3 is 6.18 Å². The molecule has 0 aliphatic rings. The lowest BCUT2D eigenvalue weighted by Crippen LogP contribution is -2.18. The number of benzene rings is 1. The number of hydrogen-bond acceptors (Lipinski definition) is 2. The summed E-state index contributed by atoms with van der Waals surface area (Å²) in [5.74, 6) is 0. The Morgan fingerprint density at radius 2 is 2.06 bits per heavy atom. The average molecular weight is 294 g/mol. The first-order valence-electron chi connectivity index (χ1n) is 4.43. The molecule has 7 heteroatoms. The van der Waals surface area contributed by atoms with E-state index in [1.807, 2.05) is 6.92 Å². The van der Waals surface area contributed by atoms with Crippen LogP contribution in [0.15, 0.2) is 16.6 Å². The Morgan fingerprint density at radius 3 is 2.69 bits per heavy atom. The van der Waals surface area contributed by atoms with Gasteiger partial charge in [0.15, 0.2) is 0 Å². The summed E-state index contributed by atoms with van der Waals surface area (Å²) in [4.78, 5) is 0. The topological polar surface area (TPSA) is 30.7 Å². The van der Waals surface area contributed by atoms with E-state index in [1.54, 1.807) is 12.1 Å². The molecular weight excluding hydrogens is 287 g/mol. The van der Waals surface area contributed by atoms with Crippen molar-refractivity contribution in [3.63, 3.8) is 0 Å². The van der Waals surface area contributed by atoms with Crippen LogP contribution in [0.25, 0.3) is 11.0 Å². The lowest BCUT2D eigenvalue weighted by molar-refractivity contribution is -0.142. The van der Waals surface area contributed by atoms with Gasteiger partial charge in [-0.2, -0.15) is 13.2 Å². The number of rotatable bonds is 1. The van der Waals surface area contributed by atoms with E-state index in [0.29, 0.717) is 11.0 Å². The number of hydrogen-bond donors (Lipinski definition) is 0. The molecule has 1 aromatic heterocycles. The molecule has 0 amide bonds. The number of nitrogens with zero attached hydrogens (tertiary/aromatic N) is 3. The minimum absolute atomic E-state index is 0.370. The van der Waals surface area contributed by atoms with Crippen molar-refractivity contribution in [1.29, 1.82) is 0 Å². The molecule has 0 fully saturated rings. The molecule has 0 saturated carbocycles. The van der Waals surface area contributed by atoms with Crippen LogP contribution in [0.5, 0.6) is 0 Å². The highest BCUT2D eigenvalue weighted by molar-refractivity contribution is 9.10. The normalized spacial score (nSPS) is 12.3. The van der Waals surface area contributed by atoms with E-state index in [1.165, 1.54) is 0 Å². The maximum atomic E-state index is 12.2. The monoisotopic (exact) mass is 293 g/mol. The SMILES string of the molecule is Cc1cc2nnn(CC(F)(F)F)c2cc1Br. The van der Waals surface area contributed by atoms with Gasteiger partial charge in [0.2, 0.25) is 0 Å². The lowest BCUT2D eigenvalue weighted by Gasteiger charge is -2.06. The van der Waals surface area contributed by atoms with E-state index in [4.69, 9.17) is 0 Å². The maximum absolute atomic E-state index is 12.2. The third-order valence-electron chi connectivity index (χ3n) is 2.12. The Balaban J connectivity index is 2.52. The van der Waals surface area contributed by atoms with Crippen LogP contribution in [0.2, 0.25) is 0 Å². The summed E-state index contributed by atoms with van der Waals surface area (Å²) in [6.45, 7) is 0.714. The maximum Gasteiger partial charge on any atom is 0.408 e. The van der Waals surface area contributed by atoms with Gasteiger partial charge in [-0.1, -0.05) is 21.1 Å². The summed E-state index contributed by atoms with van der Waals surface area (Å²) in [6, 6.07) is 3.29. The third kappa shape index (κ3) is 2.18. The largest absolute Gasteiger partial charge is 0.408 e. The summed E-state index contributed by atoms with van der Waals surface area (Å²) in [6.07, 6.45) is -4.29. The highest BCUT2D eigenvalue weighted by atomic mass is 79.9. The van der Waals surface area contributed by atoms with Gasteiger partial charge in [-0.05, 0) is 24.6 Å². The molecule has 0 unspecified atom stereocenters. The Kier molecular flexibility index (Phi) is 2.65. The quantitative estimate of drug-likeness (QED) is 0.809. The van der Waals surface area contributed by atoms with Crippen molar-refractivity contribution < 1.29 is 13.2 Å². The van der Waals surface area contributed by atoms with Crippen LogP contribution in [0, 0.1) is 6.92 Å². The molecule has 0 radical (unpaired) electrons. The van der Waals surface area contributed by atoms with Gasteiger partial charge < -0.3 is 0 Å². The molecule has 0 spiro atoms. The lowest BCUT2D eigenvalue weighted by atomic mass is 10.2. The smallest absolute Gasteiger partial charge is 0.235 e. The Labute approximate surface area is 97.4 Å². The van der Waals surface area contributed by atoms with Gasteiger partial charge in [0.1, 0.15) is 12.1 Å². The van der Waals surface area contributed by atoms with Crippen molar-refractivity contribution in [2.45, 2.75) is 19.6 Å².